The summed E-state index contributed by atoms with van der Waals surface area (Å²) in [6.07, 6.45) is 1.12. The van der Waals surface area contributed by atoms with Gasteiger partial charge in [0.15, 0.2) is 0 Å². The summed E-state index contributed by atoms with van der Waals surface area (Å²) >= 11 is 0. The fourth-order valence-electron chi connectivity index (χ4n) is 1.46. The van der Waals surface area contributed by atoms with Crippen molar-refractivity contribution >= 4 is 0 Å². The van der Waals surface area contributed by atoms with Gasteiger partial charge in [-0.1, -0.05) is 6.07 Å². The van der Waals surface area contributed by atoms with Crippen LogP contribution in [0.2, 0.25) is 0 Å². The van der Waals surface area contributed by atoms with E-state index >= 15 is 0 Å². The Bertz CT molecular complexity index is 396. The minimum atomic E-state index is 0.275. The van der Waals surface area contributed by atoms with Crippen molar-refractivity contribution in [1.82, 2.24) is 0 Å². The normalized spacial score (nSPS) is 15.0. The fourth-order valence-corrected chi connectivity index (χ4v) is 1.46. The van der Waals surface area contributed by atoms with Crippen LogP contribution in [-0.2, 0) is 9.47 Å². The van der Waals surface area contributed by atoms with Gasteiger partial charge in [0.05, 0.1) is 38.1 Å². The molecule has 2 rings (SSSR count). The van der Waals surface area contributed by atoms with Crippen LogP contribution in [0.25, 0.3) is 0 Å². The molecule has 0 aliphatic carbocycles. The molecule has 0 spiro atoms. The van der Waals surface area contributed by atoms with Gasteiger partial charge in [0.2, 0.25) is 0 Å². The molecule has 90 valence electrons. The fraction of sp³-hybridized carbons (Fsp3) is 0.462. The minimum Gasteiger partial charge on any atom is -0.493 e. The van der Waals surface area contributed by atoms with Gasteiger partial charge in [0.25, 0.3) is 0 Å². The van der Waals surface area contributed by atoms with Crippen molar-refractivity contribution in [1.29, 1.82) is 5.26 Å². The van der Waals surface area contributed by atoms with E-state index in [1.54, 1.807) is 12.1 Å². The lowest BCUT2D eigenvalue weighted by Crippen LogP contribution is -2.36. The molecule has 1 fully saturated rings. The Balaban J connectivity index is 1.62. The minimum absolute atomic E-state index is 0.275. The molecule has 4 nitrogen and oxygen atoms in total. The molecule has 4 heteroatoms. The Morgan fingerprint density at radius 3 is 2.94 bits per heavy atom. The summed E-state index contributed by atoms with van der Waals surface area (Å²) in [7, 11) is 0. The number of benzene rings is 1. The molecular weight excluding hydrogens is 218 g/mol. The van der Waals surface area contributed by atoms with Crippen molar-refractivity contribution in [2.45, 2.75) is 12.5 Å². The molecule has 0 unspecified atom stereocenters. The van der Waals surface area contributed by atoms with Crippen LogP contribution in [0.5, 0.6) is 5.75 Å². The van der Waals surface area contributed by atoms with Crippen LogP contribution in [0.3, 0.4) is 0 Å². The monoisotopic (exact) mass is 233 g/mol. The molecule has 1 heterocycles. The smallest absolute Gasteiger partial charge is 0.120 e. The highest BCUT2D eigenvalue weighted by Gasteiger charge is 2.17. The number of nitrogens with zero attached hydrogens (tertiary/aromatic N) is 1. The van der Waals surface area contributed by atoms with E-state index in [1.807, 2.05) is 12.1 Å². The molecule has 0 radical (unpaired) electrons. The van der Waals surface area contributed by atoms with Gasteiger partial charge in [-0.05, 0) is 18.2 Å². The van der Waals surface area contributed by atoms with Crippen LogP contribution in [-0.4, -0.2) is 32.5 Å². The Morgan fingerprint density at radius 2 is 2.24 bits per heavy atom. The van der Waals surface area contributed by atoms with Gasteiger partial charge in [-0.3, -0.25) is 0 Å². The van der Waals surface area contributed by atoms with E-state index in [1.165, 1.54) is 0 Å². The number of rotatable bonds is 6. The van der Waals surface area contributed by atoms with Gasteiger partial charge in [0.1, 0.15) is 11.9 Å². The Hall–Kier alpha value is -1.57. The van der Waals surface area contributed by atoms with Gasteiger partial charge in [0, 0.05) is 6.42 Å². The van der Waals surface area contributed by atoms with E-state index in [2.05, 4.69) is 6.07 Å². The van der Waals surface area contributed by atoms with Crippen molar-refractivity contribution in [3.8, 4) is 11.8 Å². The molecule has 0 amide bonds. The molecule has 1 aromatic carbocycles. The number of nitriles is 1. The quantitative estimate of drug-likeness (QED) is 0.702. The molecule has 1 saturated heterocycles. The van der Waals surface area contributed by atoms with E-state index in [0.717, 1.165) is 12.2 Å². The lowest BCUT2D eigenvalue weighted by Gasteiger charge is -2.25. The highest BCUT2D eigenvalue weighted by atomic mass is 16.6. The standard InChI is InChI=1S/C13H15NO3/c14-8-11-3-1-4-12(7-11)16-5-2-6-17-13-9-15-10-13/h1,3-4,7,13H,2,5-6,9-10H2. The van der Waals surface area contributed by atoms with Crippen LogP contribution in [0.4, 0.5) is 0 Å². The molecule has 0 saturated carbocycles. The first-order valence-electron chi connectivity index (χ1n) is 5.71. The lowest BCUT2D eigenvalue weighted by molar-refractivity contribution is -0.130. The second kappa shape index (κ2) is 6.24. The van der Waals surface area contributed by atoms with Gasteiger partial charge in [-0.2, -0.15) is 5.26 Å². The summed E-state index contributed by atoms with van der Waals surface area (Å²) in [6, 6.07) is 9.24. The van der Waals surface area contributed by atoms with Crippen LogP contribution in [0, 0.1) is 11.3 Å². The van der Waals surface area contributed by atoms with E-state index in [9.17, 15) is 0 Å². The predicted octanol–water partition coefficient (Wildman–Crippen LogP) is 1.74. The first-order valence-corrected chi connectivity index (χ1v) is 5.71. The van der Waals surface area contributed by atoms with Crippen LogP contribution in [0.15, 0.2) is 24.3 Å². The number of hydrogen-bond acceptors (Lipinski definition) is 4. The van der Waals surface area contributed by atoms with Gasteiger partial charge in [-0.15, -0.1) is 0 Å². The third-order valence-electron chi connectivity index (χ3n) is 2.48. The maximum Gasteiger partial charge on any atom is 0.120 e. The zero-order valence-corrected chi connectivity index (χ0v) is 9.59. The summed E-state index contributed by atoms with van der Waals surface area (Å²) in [6.45, 7) is 2.71. The van der Waals surface area contributed by atoms with Crippen molar-refractivity contribution in [3.63, 3.8) is 0 Å². The van der Waals surface area contributed by atoms with E-state index in [-0.39, 0.29) is 6.10 Å². The molecule has 0 atom stereocenters. The van der Waals surface area contributed by atoms with Crippen LogP contribution >= 0.6 is 0 Å². The summed E-state index contributed by atoms with van der Waals surface area (Å²) in [5.74, 6) is 0.732. The summed E-state index contributed by atoms with van der Waals surface area (Å²) < 4.78 is 16.0. The summed E-state index contributed by atoms with van der Waals surface area (Å²) in [4.78, 5) is 0. The van der Waals surface area contributed by atoms with E-state index in [4.69, 9.17) is 19.5 Å². The molecular formula is C13H15NO3. The molecule has 0 N–H and O–H groups in total. The Labute approximate surface area is 101 Å². The first kappa shape index (κ1) is 11.9. The predicted molar refractivity (Wildman–Crippen MR) is 61.8 cm³/mol. The lowest BCUT2D eigenvalue weighted by atomic mass is 10.2. The maximum atomic E-state index is 8.73. The van der Waals surface area contributed by atoms with Crippen molar-refractivity contribution in [2.24, 2.45) is 0 Å². The molecule has 17 heavy (non-hydrogen) atoms. The topological polar surface area (TPSA) is 51.5 Å². The molecule has 1 aliphatic rings. The average molecular weight is 233 g/mol. The summed E-state index contributed by atoms with van der Waals surface area (Å²) in [5, 5.41) is 8.73. The number of hydrogen-bond donors (Lipinski definition) is 0. The number of ether oxygens (including phenoxy) is 3. The van der Waals surface area contributed by atoms with Gasteiger partial charge >= 0.3 is 0 Å². The Kier molecular flexibility index (Phi) is 4.37. The van der Waals surface area contributed by atoms with Crippen LogP contribution in [0.1, 0.15) is 12.0 Å². The highest BCUT2D eigenvalue weighted by molar-refractivity contribution is 5.36. The van der Waals surface area contributed by atoms with Crippen LogP contribution < -0.4 is 4.74 Å². The summed E-state index contributed by atoms with van der Waals surface area (Å²) in [5.41, 5.74) is 0.616. The Morgan fingerprint density at radius 1 is 1.35 bits per heavy atom. The zero-order chi connectivity index (χ0) is 11.9. The molecule has 0 bridgehead atoms. The second-order valence-corrected chi connectivity index (χ2v) is 3.87. The molecule has 1 aliphatic heterocycles. The molecule has 0 aromatic heterocycles. The third kappa shape index (κ3) is 3.74. The van der Waals surface area contributed by atoms with Gasteiger partial charge in [-0.25, -0.2) is 0 Å². The second-order valence-electron chi connectivity index (χ2n) is 3.87. The average Bonchev–Trinajstić information content (AvgIpc) is 2.31. The maximum absolute atomic E-state index is 8.73. The largest absolute Gasteiger partial charge is 0.493 e. The van der Waals surface area contributed by atoms with E-state index in [0.29, 0.717) is 32.0 Å². The van der Waals surface area contributed by atoms with Crippen molar-refractivity contribution in [2.75, 3.05) is 26.4 Å². The van der Waals surface area contributed by atoms with Gasteiger partial charge < -0.3 is 14.2 Å². The van der Waals surface area contributed by atoms with Crippen molar-refractivity contribution < 1.29 is 14.2 Å². The zero-order valence-electron chi connectivity index (χ0n) is 9.59. The highest BCUT2D eigenvalue weighted by Crippen LogP contribution is 2.13. The SMILES string of the molecule is N#Cc1cccc(OCCCOC2COC2)c1. The first-order chi connectivity index (χ1) is 8.38. The van der Waals surface area contributed by atoms with Crippen molar-refractivity contribution in [3.05, 3.63) is 29.8 Å². The van der Waals surface area contributed by atoms with E-state index < -0.39 is 0 Å². The molecule has 1 aromatic rings. The third-order valence-corrected chi connectivity index (χ3v) is 2.48.